The lowest BCUT2D eigenvalue weighted by molar-refractivity contribution is -0.156. The lowest BCUT2D eigenvalue weighted by atomic mass is 10.1. The van der Waals surface area contributed by atoms with E-state index in [4.69, 9.17) is 0 Å². The van der Waals surface area contributed by atoms with Crippen LogP contribution in [0.2, 0.25) is 0 Å². The molecule has 0 fully saturated rings. The minimum atomic E-state index is -1.67. The van der Waals surface area contributed by atoms with Crippen LogP contribution in [0.25, 0.3) is 5.95 Å². The summed E-state index contributed by atoms with van der Waals surface area (Å²) in [5.41, 5.74) is 0.210. The van der Waals surface area contributed by atoms with Gasteiger partial charge in [-0.3, -0.25) is 4.57 Å². The van der Waals surface area contributed by atoms with Crippen LogP contribution in [0.15, 0.2) is 31.1 Å². The molecule has 2 rings (SSSR count). The van der Waals surface area contributed by atoms with Crippen molar-refractivity contribution in [3.05, 3.63) is 36.7 Å². The van der Waals surface area contributed by atoms with E-state index in [1.807, 2.05) is 0 Å². The number of methoxy groups -OCH3 is 1. The molecule has 0 spiro atoms. The summed E-state index contributed by atoms with van der Waals surface area (Å²) in [5.74, 6) is -0.563. The maximum absolute atomic E-state index is 11.1. The highest BCUT2D eigenvalue weighted by atomic mass is 16.5. The molecule has 0 aliphatic heterocycles. The summed E-state index contributed by atoms with van der Waals surface area (Å²) in [4.78, 5) is 22.9. The van der Waals surface area contributed by atoms with Crippen LogP contribution in [-0.4, -0.2) is 48.9 Å². The Morgan fingerprint density at radius 1 is 1.37 bits per heavy atom. The average Bonchev–Trinajstić information content (AvgIpc) is 2.99. The average molecular weight is 264 g/mol. The summed E-state index contributed by atoms with van der Waals surface area (Å²) < 4.78 is 5.91. The number of hydrogen-bond donors (Lipinski definition) is 2. The highest BCUT2D eigenvalue weighted by Gasteiger charge is 2.27. The fourth-order valence-corrected chi connectivity index (χ4v) is 1.43. The number of aromatic nitrogens is 4. The van der Waals surface area contributed by atoms with Gasteiger partial charge in [-0.1, -0.05) is 0 Å². The van der Waals surface area contributed by atoms with Crippen molar-refractivity contribution in [3.63, 3.8) is 0 Å². The first kappa shape index (κ1) is 13.1. The Labute approximate surface area is 108 Å². The molecule has 0 aliphatic rings. The second-order valence-electron chi connectivity index (χ2n) is 3.70. The highest BCUT2D eigenvalue weighted by Crippen LogP contribution is 2.16. The number of aliphatic hydroxyl groups excluding tert-OH is 2. The zero-order valence-corrected chi connectivity index (χ0v) is 10.0. The van der Waals surface area contributed by atoms with Crippen molar-refractivity contribution in [1.29, 1.82) is 0 Å². The first-order chi connectivity index (χ1) is 9.13. The molecule has 0 aromatic carbocycles. The van der Waals surface area contributed by atoms with Crippen molar-refractivity contribution in [2.24, 2.45) is 0 Å². The van der Waals surface area contributed by atoms with E-state index >= 15 is 0 Å². The third kappa shape index (κ3) is 2.75. The van der Waals surface area contributed by atoms with Crippen LogP contribution < -0.4 is 0 Å². The topological polar surface area (TPSA) is 110 Å². The summed E-state index contributed by atoms with van der Waals surface area (Å²) in [7, 11) is 1.12. The van der Waals surface area contributed by atoms with Gasteiger partial charge >= 0.3 is 5.97 Å². The molecule has 0 bridgehead atoms. The van der Waals surface area contributed by atoms with Crippen molar-refractivity contribution >= 4 is 5.97 Å². The van der Waals surface area contributed by atoms with Gasteiger partial charge in [0.05, 0.1) is 7.11 Å². The van der Waals surface area contributed by atoms with Crippen LogP contribution >= 0.6 is 0 Å². The number of rotatable bonds is 4. The predicted molar refractivity (Wildman–Crippen MR) is 62.1 cm³/mol. The van der Waals surface area contributed by atoms with Gasteiger partial charge in [-0.25, -0.2) is 19.7 Å². The molecule has 2 N–H and O–H groups in total. The lowest BCUT2D eigenvalue weighted by Crippen LogP contribution is -2.29. The zero-order chi connectivity index (χ0) is 13.8. The molecule has 2 unspecified atom stereocenters. The van der Waals surface area contributed by atoms with Crippen molar-refractivity contribution in [3.8, 4) is 5.95 Å². The van der Waals surface area contributed by atoms with Crippen LogP contribution in [-0.2, 0) is 9.53 Å². The molecule has 2 heterocycles. The maximum atomic E-state index is 11.1. The van der Waals surface area contributed by atoms with E-state index in [0.717, 1.165) is 7.11 Å². The largest absolute Gasteiger partial charge is 0.467 e. The zero-order valence-electron chi connectivity index (χ0n) is 10.0. The van der Waals surface area contributed by atoms with E-state index in [9.17, 15) is 15.0 Å². The first-order valence-electron chi connectivity index (χ1n) is 5.37. The SMILES string of the molecule is COC(=O)C(O)C(O)c1cnc(-n2ccnc2)nc1. The Morgan fingerprint density at radius 2 is 2.05 bits per heavy atom. The van der Waals surface area contributed by atoms with Gasteiger partial charge in [0.2, 0.25) is 5.95 Å². The number of carbonyl (C=O) groups is 1. The van der Waals surface area contributed by atoms with Crippen molar-refractivity contribution in [1.82, 2.24) is 19.5 Å². The Hall–Kier alpha value is -2.32. The normalized spacial score (nSPS) is 13.8. The highest BCUT2D eigenvalue weighted by molar-refractivity contribution is 5.75. The van der Waals surface area contributed by atoms with Crippen LogP contribution in [0.3, 0.4) is 0 Å². The number of hydrogen-bond acceptors (Lipinski definition) is 7. The molecule has 2 aromatic heterocycles. The minimum Gasteiger partial charge on any atom is -0.467 e. The van der Waals surface area contributed by atoms with Crippen LogP contribution in [0.5, 0.6) is 0 Å². The molecule has 0 aliphatic carbocycles. The molecule has 0 amide bonds. The number of esters is 1. The summed E-state index contributed by atoms with van der Waals surface area (Å²) in [6.45, 7) is 0. The Morgan fingerprint density at radius 3 is 2.58 bits per heavy atom. The van der Waals surface area contributed by atoms with E-state index in [1.54, 1.807) is 17.0 Å². The van der Waals surface area contributed by atoms with E-state index in [2.05, 4.69) is 19.7 Å². The Balaban J connectivity index is 2.16. The van der Waals surface area contributed by atoms with Crippen molar-refractivity contribution < 1.29 is 19.7 Å². The number of carbonyl (C=O) groups excluding carboxylic acids is 1. The van der Waals surface area contributed by atoms with Gasteiger partial charge in [0.1, 0.15) is 12.4 Å². The standard InChI is InChI=1S/C11H12N4O4/c1-19-10(18)9(17)8(16)7-4-13-11(14-5-7)15-3-2-12-6-15/h2-6,8-9,16-17H,1H3. The van der Waals surface area contributed by atoms with E-state index < -0.39 is 18.2 Å². The molecule has 8 nitrogen and oxygen atoms in total. The molecule has 0 saturated carbocycles. The molecular formula is C11H12N4O4. The Bertz CT molecular complexity index is 540. The first-order valence-corrected chi connectivity index (χ1v) is 5.37. The number of imidazole rings is 1. The van der Waals surface area contributed by atoms with E-state index in [1.165, 1.54) is 18.7 Å². The molecule has 0 radical (unpaired) electrons. The minimum absolute atomic E-state index is 0.210. The quantitative estimate of drug-likeness (QED) is 0.697. The monoisotopic (exact) mass is 264 g/mol. The predicted octanol–water partition coefficient (Wildman–Crippen LogP) is -0.770. The van der Waals surface area contributed by atoms with Gasteiger partial charge in [-0.15, -0.1) is 0 Å². The van der Waals surface area contributed by atoms with Gasteiger partial charge in [-0.2, -0.15) is 0 Å². The number of aliphatic hydroxyl groups is 2. The van der Waals surface area contributed by atoms with Crippen LogP contribution in [0.4, 0.5) is 0 Å². The third-order valence-corrected chi connectivity index (χ3v) is 2.48. The van der Waals surface area contributed by atoms with Crippen molar-refractivity contribution in [2.75, 3.05) is 7.11 Å². The molecule has 19 heavy (non-hydrogen) atoms. The molecule has 100 valence electrons. The lowest BCUT2D eigenvalue weighted by Gasteiger charge is -2.15. The fraction of sp³-hybridized carbons (Fsp3) is 0.273. The Kier molecular flexibility index (Phi) is 3.83. The summed E-state index contributed by atoms with van der Waals surface area (Å²) >= 11 is 0. The van der Waals surface area contributed by atoms with Crippen molar-refractivity contribution in [2.45, 2.75) is 12.2 Å². The molecule has 8 heteroatoms. The van der Waals surface area contributed by atoms with Gasteiger partial charge in [0.15, 0.2) is 6.10 Å². The molecular weight excluding hydrogens is 252 g/mol. The number of ether oxygens (including phenoxy) is 1. The molecule has 0 saturated heterocycles. The van der Waals surface area contributed by atoms with Gasteiger partial charge in [0.25, 0.3) is 0 Å². The second kappa shape index (κ2) is 5.55. The fourth-order valence-electron chi connectivity index (χ4n) is 1.43. The summed E-state index contributed by atoms with van der Waals surface area (Å²) in [6.07, 6.45) is 4.28. The molecule has 2 atom stereocenters. The van der Waals surface area contributed by atoms with Crippen LogP contribution in [0.1, 0.15) is 11.7 Å². The molecule has 2 aromatic rings. The number of nitrogens with zero attached hydrogens (tertiary/aromatic N) is 4. The van der Waals surface area contributed by atoms with E-state index in [0.29, 0.717) is 5.95 Å². The van der Waals surface area contributed by atoms with Crippen LogP contribution in [0, 0.1) is 0 Å². The summed E-state index contributed by atoms with van der Waals surface area (Å²) in [6, 6.07) is 0. The summed E-state index contributed by atoms with van der Waals surface area (Å²) in [5, 5.41) is 19.3. The van der Waals surface area contributed by atoms with E-state index in [-0.39, 0.29) is 5.56 Å². The van der Waals surface area contributed by atoms with Gasteiger partial charge < -0.3 is 14.9 Å². The smallest absolute Gasteiger partial charge is 0.337 e. The third-order valence-electron chi connectivity index (χ3n) is 2.48. The second-order valence-corrected chi connectivity index (χ2v) is 3.70. The van der Waals surface area contributed by atoms with Gasteiger partial charge in [0, 0.05) is 30.4 Å². The van der Waals surface area contributed by atoms with Gasteiger partial charge in [-0.05, 0) is 0 Å². The maximum Gasteiger partial charge on any atom is 0.337 e.